The number of nitrogen functional groups attached to an aromatic ring is 1. The van der Waals surface area contributed by atoms with Crippen molar-refractivity contribution in [2.24, 2.45) is 0 Å². The Hall–Kier alpha value is -1.99. The fourth-order valence-electron chi connectivity index (χ4n) is 1.37. The fraction of sp³-hybridized carbons (Fsp3) is 0.0769. The predicted molar refractivity (Wildman–Crippen MR) is 68.7 cm³/mol. The number of anilines is 1. The van der Waals surface area contributed by atoms with Crippen molar-refractivity contribution < 1.29 is 0 Å². The summed E-state index contributed by atoms with van der Waals surface area (Å²) in [5.74, 6) is 0. The van der Waals surface area contributed by atoms with Gasteiger partial charge in [0.2, 0.25) is 0 Å². The molecule has 0 amide bonds. The summed E-state index contributed by atoms with van der Waals surface area (Å²) in [6.07, 6.45) is 0. The number of nitrogens with two attached hydrogens (primary N) is 1. The minimum Gasteiger partial charge on any atom is -0.398 e. The second kappa shape index (κ2) is 4.89. The summed E-state index contributed by atoms with van der Waals surface area (Å²) in [4.78, 5) is 5.28. The Kier molecular flexibility index (Phi) is 3.31. The van der Waals surface area contributed by atoms with Gasteiger partial charge in [-0.05, 0) is 31.2 Å². The van der Waals surface area contributed by atoms with Crippen LogP contribution in [0.3, 0.4) is 0 Å². The third-order valence-corrected chi connectivity index (χ3v) is 3.34. The molecule has 0 aliphatic heterocycles. The lowest BCUT2D eigenvalue weighted by Gasteiger charge is -2.06. The third-order valence-electron chi connectivity index (χ3n) is 2.25. The molecule has 0 bridgehead atoms. The Morgan fingerprint density at radius 2 is 2.00 bits per heavy atom. The summed E-state index contributed by atoms with van der Waals surface area (Å²) in [5.41, 5.74) is 8.03. The van der Waals surface area contributed by atoms with Crippen LogP contribution in [0.1, 0.15) is 11.3 Å². The van der Waals surface area contributed by atoms with Crippen LogP contribution < -0.4 is 5.73 Å². The summed E-state index contributed by atoms with van der Waals surface area (Å²) in [6.45, 7) is 1.90. The fourth-order valence-corrected chi connectivity index (χ4v) is 2.33. The summed E-state index contributed by atoms with van der Waals surface area (Å²) >= 11 is 1.42. The highest BCUT2D eigenvalue weighted by atomic mass is 32.2. The molecule has 0 fully saturated rings. The maximum absolute atomic E-state index is 9.02. The van der Waals surface area contributed by atoms with Crippen LogP contribution in [0.2, 0.25) is 0 Å². The number of para-hydroxylation sites is 1. The van der Waals surface area contributed by atoms with E-state index < -0.39 is 0 Å². The van der Waals surface area contributed by atoms with Crippen molar-refractivity contribution in [1.29, 1.82) is 5.26 Å². The Balaban J connectivity index is 2.40. The summed E-state index contributed by atoms with van der Waals surface area (Å²) in [7, 11) is 0. The zero-order valence-corrected chi connectivity index (χ0v) is 10.2. The predicted octanol–water partition coefficient (Wildman–Crippen LogP) is 3.00. The van der Waals surface area contributed by atoms with Crippen LogP contribution in [0.4, 0.5) is 5.69 Å². The molecule has 2 aromatic rings. The molecule has 0 radical (unpaired) electrons. The molecule has 1 aromatic carbocycles. The van der Waals surface area contributed by atoms with Crippen LogP contribution in [0.5, 0.6) is 0 Å². The molecule has 0 saturated heterocycles. The highest BCUT2D eigenvalue weighted by molar-refractivity contribution is 7.99. The Labute approximate surface area is 104 Å². The Morgan fingerprint density at radius 1 is 1.24 bits per heavy atom. The van der Waals surface area contributed by atoms with Gasteiger partial charge in [0, 0.05) is 16.3 Å². The normalized spacial score (nSPS) is 9.88. The van der Waals surface area contributed by atoms with E-state index in [-0.39, 0.29) is 0 Å². The van der Waals surface area contributed by atoms with Gasteiger partial charge in [-0.1, -0.05) is 23.9 Å². The molecule has 2 N–H and O–H groups in total. The van der Waals surface area contributed by atoms with Crippen molar-refractivity contribution in [1.82, 2.24) is 4.98 Å². The molecule has 17 heavy (non-hydrogen) atoms. The molecule has 0 atom stereocenters. The van der Waals surface area contributed by atoms with Gasteiger partial charge in [0.15, 0.2) is 0 Å². The molecule has 1 aromatic heterocycles. The molecule has 1 heterocycles. The van der Waals surface area contributed by atoms with Crippen LogP contribution >= 0.6 is 11.8 Å². The Bertz CT molecular complexity index is 587. The molecule has 4 heteroatoms. The first-order chi connectivity index (χ1) is 8.20. The standard InChI is InChI=1S/C13H11N3S/c1-9-6-7-10(8-14)13(16-9)17-12-5-3-2-4-11(12)15/h2-7H,15H2,1H3. The topological polar surface area (TPSA) is 62.7 Å². The molecule has 0 aliphatic carbocycles. The number of aromatic nitrogens is 1. The SMILES string of the molecule is Cc1ccc(C#N)c(Sc2ccccc2N)n1. The summed E-state index contributed by atoms with van der Waals surface area (Å²) < 4.78 is 0. The van der Waals surface area contributed by atoms with E-state index in [4.69, 9.17) is 11.0 Å². The monoisotopic (exact) mass is 241 g/mol. The summed E-state index contributed by atoms with van der Waals surface area (Å²) in [6, 6.07) is 13.3. The molecular weight excluding hydrogens is 230 g/mol. The van der Waals surface area contributed by atoms with Gasteiger partial charge in [-0.15, -0.1) is 0 Å². The first kappa shape index (κ1) is 11.5. The zero-order chi connectivity index (χ0) is 12.3. The minimum atomic E-state index is 0.573. The van der Waals surface area contributed by atoms with Crippen molar-refractivity contribution in [3.63, 3.8) is 0 Å². The van der Waals surface area contributed by atoms with E-state index in [1.807, 2.05) is 37.3 Å². The summed E-state index contributed by atoms with van der Waals surface area (Å²) in [5, 5.41) is 9.72. The highest BCUT2D eigenvalue weighted by Gasteiger charge is 2.08. The lowest BCUT2D eigenvalue weighted by molar-refractivity contribution is 1.05. The van der Waals surface area contributed by atoms with E-state index in [2.05, 4.69) is 11.1 Å². The number of rotatable bonds is 2. The van der Waals surface area contributed by atoms with Crippen LogP contribution in [-0.4, -0.2) is 4.98 Å². The average Bonchev–Trinajstić information content (AvgIpc) is 2.32. The van der Waals surface area contributed by atoms with Crippen LogP contribution in [0.25, 0.3) is 0 Å². The van der Waals surface area contributed by atoms with Gasteiger partial charge in [-0.25, -0.2) is 4.98 Å². The number of nitriles is 1. The number of benzene rings is 1. The largest absolute Gasteiger partial charge is 0.398 e. The first-order valence-corrected chi connectivity index (χ1v) is 5.92. The second-order valence-electron chi connectivity index (χ2n) is 3.56. The minimum absolute atomic E-state index is 0.573. The van der Waals surface area contributed by atoms with Gasteiger partial charge in [0.05, 0.1) is 5.56 Å². The molecule has 2 rings (SSSR count). The van der Waals surface area contributed by atoms with E-state index in [9.17, 15) is 0 Å². The quantitative estimate of drug-likeness (QED) is 0.821. The zero-order valence-electron chi connectivity index (χ0n) is 9.34. The number of pyridine rings is 1. The van der Waals surface area contributed by atoms with Gasteiger partial charge in [-0.2, -0.15) is 5.26 Å². The van der Waals surface area contributed by atoms with E-state index in [1.165, 1.54) is 11.8 Å². The van der Waals surface area contributed by atoms with Crippen molar-refractivity contribution in [2.75, 3.05) is 5.73 Å². The molecule has 0 spiro atoms. The average molecular weight is 241 g/mol. The molecule has 84 valence electrons. The number of nitrogens with zero attached hydrogens (tertiary/aromatic N) is 2. The smallest absolute Gasteiger partial charge is 0.119 e. The number of aryl methyl sites for hydroxylation is 1. The molecular formula is C13H11N3S. The van der Waals surface area contributed by atoms with Crippen molar-refractivity contribution in [3.8, 4) is 6.07 Å². The van der Waals surface area contributed by atoms with Gasteiger partial charge >= 0.3 is 0 Å². The van der Waals surface area contributed by atoms with Gasteiger partial charge in [0.25, 0.3) is 0 Å². The van der Waals surface area contributed by atoms with E-state index in [0.717, 1.165) is 10.6 Å². The maximum Gasteiger partial charge on any atom is 0.119 e. The highest BCUT2D eigenvalue weighted by Crippen LogP contribution is 2.32. The van der Waals surface area contributed by atoms with Crippen LogP contribution in [0, 0.1) is 18.3 Å². The van der Waals surface area contributed by atoms with Crippen molar-refractivity contribution in [3.05, 3.63) is 47.7 Å². The molecule has 0 saturated carbocycles. The lowest BCUT2D eigenvalue weighted by Crippen LogP contribution is -1.92. The third kappa shape index (κ3) is 2.58. The van der Waals surface area contributed by atoms with Gasteiger partial charge in [0.1, 0.15) is 11.1 Å². The number of hydrogen-bond acceptors (Lipinski definition) is 4. The van der Waals surface area contributed by atoms with Crippen LogP contribution in [0.15, 0.2) is 46.3 Å². The maximum atomic E-state index is 9.02. The van der Waals surface area contributed by atoms with Crippen molar-refractivity contribution in [2.45, 2.75) is 16.8 Å². The van der Waals surface area contributed by atoms with Crippen molar-refractivity contribution >= 4 is 17.4 Å². The van der Waals surface area contributed by atoms with Gasteiger partial charge in [-0.3, -0.25) is 0 Å². The van der Waals surface area contributed by atoms with Gasteiger partial charge < -0.3 is 5.73 Å². The molecule has 0 unspecified atom stereocenters. The molecule has 3 nitrogen and oxygen atoms in total. The van der Waals surface area contributed by atoms with E-state index >= 15 is 0 Å². The molecule has 0 aliphatic rings. The lowest BCUT2D eigenvalue weighted by atomic mass is 10.3. The van der Waals surface area contributed by atoms with Crippen LogP contribution in [-0.2, 0) is 0 Å². The van der Waals surface area contributed by atoms with E-state index in [0.29, 0.717) is 16.3 Å². The van der Waals surface area contributed by atoms with E-state index in [1.54, 1.807) is 6.07 Å². The number of hydrogen-bond donors (Lipinski definition) is 1. The second-order valence-corrected chi connectivity index (χ2v) is 4.59. The first-order valence-electron chi connectivity index (χ1n) is 5.11. The Morgan fingerprint density at radius 3 is 2.71 bits per heavy atom.